The van der Waals surface area contributed by atoms with Crippen molar-refractivity contribution in [2.24, 2.45) is 5.73 Å². The van der Waals surface area contributed by atoms with E-state index in [4.69, 9.17) is 15.2 Å². The number of nitrogens with two attached hydrogens (primary N) is 1. The number of nitrogens with zero attached hydrogens (tertiary/aromatic N) is 1. The van der Waals surface area contributed by atoms with Gasteiger partial charge in [0, 0.05) is 18.8 Å². The van der Waals surface area contributed by atoms with Gasteiger partial charge in [-0.25, -0.2) is 4.98 Å². The largest absolute Gasteiger partial charge is 0.494 e. The second-order valence-corrected chi connectivity index (χ2v) is 4.49. The summed E-state index contributed by atoms with van der Waals surface area (Å²) in [7, 11) is 0. The molecular weight excluding hydrogens is 353 g/mol. The van der Waals surface area contributed by atoms with E-state index in [1.54, 1.807) is 12.3 Å². The number of ether oxygens (including phenoxy) is 2. The van der Waals surface area contributed by atoms with Gasteiger partial charge in [0.15, 0.2) is 0 Å². The summed E-state index contributed by atoms with van der Waals surface area (Å²) in [5.41, 5.74) is 6.13. The Hall–Kier alpha value is -2.02. The maximum absolute atomic E-state index is 11.2. The molecule has 2 aromatic rings. The maximum Gasteiger partial charge on any atom is 0.234 e. The summed E-state index contributed by atoms with van der Waals surface area (Å²) in [6.07, 6.45) is 1.63. The molecule has 24 heavy (non-hydrogen) atoms. The topological polar surface area (TPSA) is 86.5 Å². The Balaban J connectivity index is 0.00000264. The monoisotopic (exact) mass is 373 g/mol. The molecule has 3 N–H and O–H groups in total. The lowest BCUT2D eigenvalue weighted by atomic mass is 10.2. The van der Waals surface area contributed by atoms with Crippen LogP contribution in [0.3, 0.4) is 0 Å². The number of carbonyl (C=O) groups is 1. The van der Waals surface area contributed by atoms with Crippen LogP contribution in [0.1, 0.15) is 12.5 Å². The van der Waals surface area contributed by atoms with Gasteiger partial charge in [0.2, 0.25) is 11.8 Å². The normalized spacial score (nSPS) is 9.25. The molecule has 0 aliphatic heterocycles. The van der Waals surface area contributed by atoms with E-state index in [2.05, 4.69) is 10.3 Å². The standard InChI is InChI=1S/C16H19N3O3.2ClH/c1-2-21-13-3-5-14(6-4-13)22-16-9-12(7-8-18-16)11-19-15(20)10-17;;/h3-9H,2,10-11,17H2,1H3,(H,19,20);2*1H. The Kier molecular flexibility index (Phi) is 10.5. The van der Waals surface area contributed by atoms with Crippen molar-refractivity contribution in [1.29, 1.82) is 0 Å². The number of amides is 1. The van der Waals surface area contributed by atoms with Crippen molar-refractivity contribution in [2.75, 3.05) is 13.2 Å². The highest BCUT2D eigenvalue weighted by atomic mass is 35.5. The molecule has 132 valence electrons. The first kappa shape index (κ1) is 22.0. The van der Waals surface area contributed by atoms with Crippen molar-refractivity contribution in [1.82, 2.24) is 10.3 Å². The number of nitrogens with one attached hydrogen (secondary N) is 1. The lowest BCUT2D eigenvalue weighted by Crippen LogP contribution is -2.29. The van der Waals surface area contributed by atoms with E-state index in [0.29, 0.717) is 24.8 Å². The summed E-state index contributed by atoms with van der Waals surface area (Å²) in [6.45, 7) is 2.92. The molecule has 0 bridgehead atoms. The molecule has 0 saturated carbocycles. The van der Waals surface area contributed by atoms with Crippen LogP contribution in [0, 0.1) is 0 Å². The summed E-state index contributed by atoms with van der Waals surface area (Å²) >= 11 is 0. The van der Waals surface area contributed by atoms with Crippen LogP contribution in [-0.2, 0) is 11.3 Å². The average Bonchev–Trinajstić information content (AvgIpc) is 2.55. The van der Waals surface area contributed by atoms with Crippen molar-refractivity contribution >= 4 is 30.7 Å². The van der Waals surface area contributed by atoms with Gasteiger partial charge in [-0.2, -0.15) is 0 Å². The van der Waals surface area contributed by atoms with Crippen molar-refractivity contribution in [3.63, 3.8) is 0 Å². The first-order valence-electron chi connectivity index (χ1n) is 7.03. The molecule has 8 heteroatoms. The van der Waals surface area contributed by atoms with Crippen LogP contribution >= 0.6 is 24.8 Å². The molecule has 0 saturated heterocycles. The number of carbonyl (C=O) groups excluding carboxylic acids is 1. The minimum absolute atomic E-state index is 0. The Morgan fingerprint density at radius 1 is 1.17 bits per heavy atom. The summed E-state index contributed by atoms with van der Waals surface area (Å²) in [4.78, 5) is 15.3. The predicted molar refractivity (Wildman–Crippen MR) is 97.3 cm³/mol. The van der Waals surface area contributed by atoms with Gasteiger partial charge < -0.3 is 20.5 Å². The van der Waals surface area contributed by atoms with Crippen LogP contribution in [0.4, 0.5) is 0 Å². The average molecular weight is 374 g/mol. The minimum Gasteiger partial charge on any atom is -0.494 e. The molecule has 2 rings (SSSR count). The van der Waals surface area contributed by atoms with Gasteiger partial charge in [-0.05, 0) is 42.8 Å². The SMILES string of the molecule is CCOc1ccc(Oc2cc(CNC(=O)CN)ccn2)cc1.Cl.Cl. The molecule has 0 spiro atoms. The van der Waals surface area contributed by atoms with E-state index in [-0.39, 0.29) is 37.3 Å². The summed E-state index contributed by atoms with van der Waals surface area (Å²) in [5, 5.41) is 2.70. The van der Waals surface area contributed by atoms with Gasteiger partial charge in [0.05, 0.1) is 13.2 Å². The molecule has 0 atom stereocenters. The molecule has 1 aromatic carbocycles. The highest BCUT2D eigenvalue weighted by Crippen LogP contribution is 2.22. The van der Waals surface area contributed by atoms with Gasteiger partial charge in [0.25, 0.3) is 0 Å². The maximum atomic E-state index is 11.2. The molecule has 6 nitrogen and oxygen atoms in total. The number of benzene rings is 1. The zero-order valence-electron chi connectivity index (χ0n) is 13.2. The zero-order valence-corrected chi connectivity index (χ0v) is 14.9. The van der Waals surface area contributed by atoms with E-state index in [1.165, 1.54) is 0 Å². The second kappa shape index (κ2) is 11.5. The van der Waals surface area contributed by atoms with Gasteiger partial charge >= 0.3 is 0 Å². The third kappa shape index (κ3) is 7.04. The smallest absolute Gasteiger partial charge is 0.234 e. The number of aromatic nitrogens is 1. The molecule has 0 radical (unpaired) electrons. The molecule has 0 fully saturated rings. The van der Waals surface area contributed by atoms with Gasteiger partial charge in [-0.15, -0.1) is 24.8 Å². The van der Waals surface area contributed by atoms with Crippen LogP contribution in [0.5, 0.6) is 17.4 Å². The Morgan fingerprint density at radius 3 is 2.46 bits per heavy atom. The number of hydrogen-bond donors (Lipinski definition) is 2. The molecule has 1 amide bonds. The van der Waals surface area contributed by atoms with Crippen molar-refractivity contribution in [2.45, 2.75) is 13.5 Å². The van der Waals surface area contributed by atoms with E-state index in [1.807, 2.05) is 37.3 Å². The first-order valence-corrected chi connectivity index (χ1v) is 7.03. The zero-order chi connectivity index (χ0) is 15.8. The number of hydrogen-bond acceptors (Lipinski definition) is 5. The quantitative estimate of drug-likeness (QED) is 0.778. The number of pyridine rings is 1. The fourth-order valence-electron chi connectivity index (χ4n) is 1.78. The van der Waals surface area contributed by atoms with Crippen LogP contribution in [0.15, 0.2) is 42.6 Å². The van der Waals surface area contributed by atoms with Gasteiger partial charge in [0.1, 0.15) is 11.5 Å². The molecular formula is C16H21Cl2N3O3. The summed E-state index contributed by atoms with van der Waals surface area (Å²) < 4.78 is 11.1. The van der Waals surface area contributed by atoms with Crippen molar-refractivity contribution in [3.05, 3.63) is 48.2 Å². The van der Waals surface area contributed by atoms with Crippen molar-refractivity contribution in [3.8, 4) is 17.4 Å². The van der Waals surface area contributed by atoms with Crippen LogP contribution in [-0.4, -0.2) is 24.0 Å². The second-order valence-electron chi connectivity index (χ2n) is 4.49. The molecule has 0 unspecified atom stereocenters. The fraction of sp³-hybridized carbons (Fsp3) is 0.250. The van der Waals surface area contributed by atoms with Crippen LogP contribution in [0.2, 0.25) is 0 Å². The summed E-state index contributed by atoms with van der Waals surface area (Å²) in [6, 6.07) is 10.9. The number of rotatable bonds is 7. The van der Waals surface area contributed by atoms with Crippen LogP contribution in [0.25, 0.3) is 0 Å². The fourth-order valence-corrected chi connectivity index (χ4v) is 1.78. The Morgan fingerprint density at radius 2 is 1.83 bits per heavy atom. The molecule has 0 aliphatic rings. The third-order valence-corrected chi connectivity index (χ3v) is 2.83. The molecule has 1 aromatic heterocycles. The van der Waals surface area contributed by atoms with Crippen molar-refractivity contribution < 1.29 is 14.3 Å². The minimum atomic E-state index is -0.203. The third-order valence-electron chi connectivity index (χ3n) is 2.83. The first-order chi connectivity index (χ1) is 10.7. The lowest BCUT2D eigenvalue weighted by molar-refractivity contribution is -0.119. The van der Waals surface area contributed by atoms with E-state index < -0.39 is 0 Å². The molecule has 0 aliphatic carbocycles. The van der Waals surface area contributed by atoms with Gasteiger partial charge in [-0.3, -0.25) is 4.79 Å². The van der Waals surface area contributed by atoms with E-state index in [0.717, 1.165) is 11.3 Å². The van der Waals surface area contributed by atoms with Gasteiger partial charge in [-0.1, -0.05) is 0 Å². The molecule has 1 heterocycles. The number of halogens is 2. The predicted octanol–water partition coefficient (Wildman–Crippen LogP) is 2.69. The van der Waals surface area contributed by atoms with Crippen LogP contribution < -0.4 is 20.5 Å². The Labute approximate surface area is 153 Å². The van der Waals surface area contributed by atoms with E-state index in [9.17, 15) is 4.79 Å². The van der Waals surface area contributed by atoms with E-state index >= 15 is 0 Å². The summed E-state index contributed by atoms with van der Waals surface area (Å²) in [5.74, 6) is 1.72. The lowest BCUT2D eigenvalue weighted by Gasteiger charge is -2.08. The highest BCUT2D eigenvalue weighted by Gasteiger charge is 2.03. The Bertz CT molecular complexity index is 624. The highest BCUT2D eigenvalue weighted by molar-refractivity contribution is 5.85.